The summed E-state index contributed by atoms with van der Waals surface area (Å²) in [4.78, 5) is 4.64. The van der Waals surface area contributed by atoms with E-state index in [0.717, 1.165) is 37.5 Å². The average molecular weight is 278 g/mol. The largest absolute Gasteiger partial charge is 0.472 e. The molecule has 114 valence electrons. The monoisotopic (exact) mass is 278 g/mol. The molecule has 0 aliphatic heterocycles. The molecule has 0 atom stereocenters. The van der Waals surface area contributed by atoms with Crippen LogP contribution in [0.15, 0.2) is 12.1 Å². The van der Waals surface area contributed by atoms with Crippen LogP contribution in [0.1, 0.15) is 71.6 Å². The summed E-state index contributed by atoms with van der Waals surface area (Å²) < 4.78 is 6.05. The zero-order chi connectivity index (χ0) is 15.2. The molecule has 1 N–H and O–H groups in total. The minimum absolute atomic E-state index is 0.170. The highest BCUT2D eigenvalue weighted by Gasteiger charge is 2.18. The zero-order valence-corrected chi connectivity index (χ0v) is 13.9. The molecule has 3 nitrogen and oxygen atoms in total. The van der Waals surface area contributed by atoms with Gasteiger partial charge in [-0.15, -0.1) is 0 Å². The van der Waals surface area contributed by atoms with Gasteiger partial charge in [0, 0.05) is 18.3 Å². The predicted molar refractivity (Wildman–Crippen MR) is 85.3 cm³/mol. The van der Waals surface area contributed by atoms with E-state index in [1.807, 2.05) is 0 Å². The topological polar surface area (TPSA) is 34.1 Å². The number of pyridine rings is 1. The third-order valence-corrected chi connectivity index (χ3v) is 3.46. The molecule has 0 radical (unpaired) electrons. The summed E-state index contributed by atoms with van der Waals surface area (Å²) in [6.45, 7) is 14.8. The molecular weight excluding hydrogens is 248 g/mol. The molecule has 1 heterocycles. The SMILES string of the molecule is CCCNCc1cc(OC(C)(C)CC)nc(C(C)C)c1. The van der Waals surface area contributed by atoms with Crippen molar-refractivity contribution in [2.24, 2.45) is 0 Å². The van der Waals surface area contributed by atoms with E-state index in [9.17, 15) is 0 Å². The Morgan fingerprint density at radius 2 is 1.95 bits per heavy atom. The van der Waals surface area contributed by atoms with Crippen molar-refractivity contribution in [2.45, 2.75) is 72.4 Å². The van der Waals surface area contributed by atoms with Gasteiger partial charge in [0.1, 0.15) is 5.60 Å². The quantitative estimate of drug-likeness (QED) is 0.721. The fourth-order valence-corrected chi connectivity index (χ4v) is 1.80. The van der Waals surface area contributed by atoms with Gasteiger partial charge in [-0.25, -0.2) is 4.98 Å². The molecule has 1 aromatic rings. The Balaban J connectivity index is 2.92. The zero-order valence-electron chi connectivity index (χ0n) is 13.9. The fraction of sp³-hybridized carbons (Fsp3) is 0.706. The second-order valence-corrected chi connectivity index (χ2v) is 6.29. The van der Waals surface area contributed by atoms with Crippen molar-refractivity contribution in [3.63, 3.8) is 0 Å². The fourth-order valence-electron chi connectivity index (χ4n) is 1.80. The van der Waals surface area contributed by atoms with Crippen LogP contribution in [-0.2, 0) is 6.54 Å². The van der Waals surface area contributed by atoms with Crippen LogP contribution in [0.25, 0.3) is 0 Å². The molecule has 20 heavy (non-hydrogen) atoms. The summed E-state index contributed by atoms with van der Waals surface area (Å²) >= 11 is 0. The van der Waals surface area contributed by atoms with Gasteiger partial charge in [0.2, 0.25) is 5.88 Å². The van der Waals surface area contributed by atoms with Gasteiger partial charge < -0.3 is 10.1 Å². The van der Waals surface area contributed by atoms with Gasteiger partial charge in [-0.3, -0.25) is 0 Å². The van der Waals surface area contributed by atoms with Crippen LogP contribution in [0.4, 0.5) is 0 Å². The van der Waals surface area contributed by atoms with Gasteiger partial charge in [0.05, 0.1) is 0 Å². The molecule has 0 unspecified atom stereocenters. The molecule has 0 saturated heterocycles. The molecule has 0 aromatic carbocycles. The van der Waals surface area contributed by atoms with Gasteiger partial charge in [0.25, 0.3) is 0 Å². The molecule has 0 aliphatic carbocycles. The minimum atomic E-state index is -0.170. The van der Waals surface area contributed by atoms with Crippen molar-refractivity contribution < 1.29 is 4.74 Å². The number of ether oxygens (including phenoxy) is 1. The maximum atomic E-state index is 6.05. The van der Waals surface area contributed by atoms with Crippen LogP contribution < -0.4 is 10.1 Å². The van der Waals surface area contributed by atoms with E-state index in [0.29, 0.717) is 5.92 Å². The second-order valence-electron chi connectivity index (χ2n) is 6.29. The van der Waals surface area contributed by atoms with Gasteiger partial charge >= 0.3 is 0 Å². The molecule has 0 bridgehead atoms. The Bertz CT molecular complexity index is 413. The molecule has 0 amide bonds. The van der Waals surface area contributed by atoms with E-state index in [1.165, 1.54) is 5.56 Å². The van der Waals surface area contributed by atoms with E-state index >= 15 is 0 Å². The Kier molecular flexibility index (Phi) is 6.47. The Morgan fingerprint density at radius 3 is 2.50 bits per heavy atom. The lowest BCUT2D eigenvalue weighted by Crippen LogP contribution is -2.27. The highest BCUT2D eigenvalue weighted by molar-refractivity contribution is 5.27. The molecule has 1 rings (SSSR count). The van der Waals surface area contributed by atoms with Gasteiger partial charge in [-0.1, -0.05) is 27.7 Å². The molecule has 3 heteroatoms. The van der Waals surface area contributed by atoms with E-state index in [1.54, 1.807) is 0 Å². The molecule has 0 spiro atoms. The molecule has 0 aliphatic rings. The first kappa shape index (κ1) is 17.0. The Hall–Kier alpha value is -1.09. The normalized spacial score (nSPS) is 11.9. The number of nitrogens with one attached hydrogen (secondary N) is 1. The smallest absolute Gasteiger partial charge is 0.214 e. The van der Waals surface area contributed by atoms with Crippen LogP contribution in [0.3, 0.4) is 0 Å². The number of hydrogen-bond acceptors (Lipinski definition) is 3. The molecule has 0 saturated carbocycles. The van der Waals surface area contributed by atoms with Gasteiger partial charge in [-0.05, 0) is 50.8 Å². The van der Waals surface area contributed by atoms with E-state index in [-0.39, 0.29) is 5.60 Å². The molecular formula is C17H30N2O. The van der Waals surface area contributed by atoms with Crippen LogP contribution in [0.2, 0.25) is 0 Å². The number of aromatic nitrogens is 1. The lowest BCUT2D eigenvalue weighted by Gasteiger charge is -2.25. The summed E-state index contributed by atoms with van der Waals surface area (Å²) in [5, 5.41) is 3.44. The lowest BCUT2D eigenvalue weighted by molar-refractivity contribution is 0.0985. The van der Waals surface area contributed by atoms with Crippen LogP contribution in [0, 0.1) is 0 Å². The van der Waals surface area contributed by atoms with Crippen molar-refractivity contribution in [3.05, 3.63) is 23.4 Å². The van der Waals surface area contributed by atoms with Crippen molar-refractivity contribution in [3.8, 4) is 5.88 Å². The van der Waals surface area contributed by atoms with Crippen molar-refractivity contribution >= 4 is 0 Å². The Morgan fingerprint density at radius 1 is 1.25 bits per heavy atom. The summed E-state index contributed by atoms with van der Waals surface area (Å²) in [6, 6.07) is 4.24. The van der Waals surface area contributed by atoms with Crippen molar-refractivity contribution in [1.29, 1.82) is 0 Å². The first-order valence-electron chi connectivity index (χ1n) is 7.78. The number of nitrogens with zero attached hydrogens (tertiary/aromatic N) is 1. The summed E-state index contributed by atoms with van der Waals surface area (Å²) in [5.74, 6) is 1.16. The van der Waals surface area contributed by atoms with Crippen LogP contribution in [-0.4, -0.2) is 17.1 Å². The van der Waals surface area contributed by atoms with Crippen molar-refractivity contribution in [1.82, 2.24) is 10.3 Å². The summed E-state index contributed by atoms with van der Waals surface area (Å²) in [7, 11) is 0. The number of rotatable bonds is 8. The average Bonchev–Trinajstić information content (AvgIpc) is 2.38. The minimum Gasteiger partial charge on any atom is -0.472 e. The Labute approximate surface area is 124 Å². The highest BCUT2D eigenvalue weighted by atomic mass is 16.5. The first-order valence-corrected chi connectivity index (χ1v) is 7.78. The standard InChI is InChI=1S/C17H30N2O/c1-7-9-18-12-14-10-15(13(3)4)19-16(11-14)20-17(5,6)8-2/h10-11,13,18H,7-9,12H2,1-6H3. The van der Waals surface area contributed by atoms with Gasteiger partial charge in [-0.2, -0.15) is 0 Å². The van der Waals surface area contributed by atoms with E-state index < -0.39 is 0 Å². The predicted octanol–water partition coefficient (Wildman–Crippen LogP) is 4.27. The van der Waals surface area contributed by atoms with Crippen LogP contribution in [0.5, 0.6) is 5.88 Å². The third-order valence-electron chi connectivity index (χ3n) is 3.46. The second kappa shape index (κ2) is 7.63. The maximum Gasteiger partial charge on any atom is 0.214 e. The summed E-state index contributed by atoms with van der Waals surface area (Å²) in [5.41, 5.74) is 2.18. The van der Waals surface area contributed by atoms with E-state index in [4.69, 9.17) is 4.74 Å². The van der Waals surface area contributed by atoms with Crippen molar-refractivity contribution in [2.75, 3.05) is 6.54 Å². The van der Waals surface area contributed by atoms with Crippen LogP contribution >= 0.6 is 0 Å². The first-order chi connectivity index (χ1) is 9.38. The number of hydrogen-bond donors (Lipinski definition) is 1. The van der Waals surface area contributed by atoms with E-state index in [2.05, 4.69) is 64.0 Å². The maximum absolute atomic E-state index is 6.05. The lowest BCUT2D eigenvalue weighted by atomic mass is 10.1. The molecule has 0 fully saturated rings. The molecule has 1 aromatic heterocycles. The third kappa shape index (κ3) is 5.49. The van der Waals surface area contributed by atoms with Gasteiger partial charge in [0.15, 0.2) is 0 Å². The summed E-state index contributed by atoms with van der Waals surface area (Å²) in [6.07, 6.45) is 2.11. The highest BCUT2D eigenvalue weighted by Crippen LogP contribution is 2.23.